The molecule has 1 spiro atoms. The molecule has 1 aromatic carbocycles. The number of hydrogen-bond acceptors (Lipinski definition) is 5. The van der Waals surface area contributed by atoms with E-state index >= 15 is 0 Å². The summed E-state index contributed by atoms with van der Waals surface area (Å²) in [7, 11) is 0. The average molecular weight is 354 g/mol. The quantitative estimate of drug-likeness (QED) is 0.882. The minimum Gasteiger partial charge on any atom is -0.457 e. The van der Waals surface area contributed by atoms with Crippen molar-refractivity contribution in [3.8, 4) is 11.5 Å². The van der Waals surface area contributed by atoms with E-state index < -0.39 is 0 Å². The maximum absolute atomic E-state index is 12.6. The van der Waals surface area contributed by atoms with Crippen molar-refractivity contribution in [2.45, 2.75) is 31.4 Å². The van der Waals surface area contributed by atoms with Gasteiger partial charge < -0.3 is 19.9 Å². The number of carbonyl (C=O) groups excluding carboxylic acids is 1. The summed E-state index contributed by atoms with van der Waals surface area (Å²) in [6, 6.07) is 12.7. The lowest BCUT2D eigenvalue weighted by molar-refractivity contribution is -0.145. The second-order valence-corrected chi connectivity index (χ2v) is 6.91. The number of hydrogen-bond donors (Lipinski definition) is 2. The number of benzene rings is 1. The van der Waals surface area contributed by atoms with Crippen LogP contribution < -0.4 is 10.1 Å². The number of nitrogens with one attached hydrogen (secondary N) is 1. The van der Waals surface area contributed by atoms with E-state index in [1.807, 2.05) is 30.3 Å². The third kappa shape index (κ3) is 3.18. The summed E-state index contributed by atoms with van der Waals surface area (Å²) in [6.07, 6.45) is 3.30. The Morgan fingerprint density at radius 1 is 1.19 bits per heavy atom. The predicted octanol–water partition coefficient (Wildman–Crippen LogP) is 2.53. The highest BCUT2D eigenvalue weighted by Crippen LogP contribution is 2.49. The van der Waals surface area contributed by atoms with E-state index in [-0.39, 0.29) is 23.5 Å². The molecule has 136 valence electrons. The van der Waals surface area contributed by atoms with E-state index in [0.29, 0.717) is 36.8 Å². The molecule has 0 radical (unpaired) electrons. The highest BCUT2D eigenvalue weighted by Gasteiger charge is 2.55. The molecule has 0 bridgehead atoms. The van der Waals surface area contributed by atoms with Crippen molar-refractivity contribution in [3.05, 3.63) is 54.4 Å². The van der Waals surface area contributed by atoms with Crippen LogP contribution in [0.1, 0.15) is 29.8 Å². The summed E-state index contributed by atoms with van der Waals surface area (Å²) in [5.41, 5.74) is 0.0496. The van der Waals surface area contributed by atoms with Crippen molar-refractivity contribution in [2.75, 3.05) is 13.2 Å². The molecule has 2 heterocycles. The van der Waals surface area contributed by atoms with E-state index in [1.165, 1.54) is 0 Å². The summed E-state index contributed by atoms with van der Waals surface area (Å²) in [6.45, 7) is 1.25. The molecule has 2 N–H and O–H groups in total. The highest BCUT2D eigenvalue weighted by atomic mass is 16.5. The summed E-state index contributed by atoms with van der Waals surface area (Å²) in [4.78, 5) is 16.8. The number of amides is 1. The summed E-state index contributed by atoms with van der Waals surface area (Å²) in [5.74, 6) is 1.02. The van der Waals surface area contributed by atoms with Gasteiger partial charge in [-0.2, -0.15) is 0 Å². The van der Waals surface area contributed by atoms with E-state index in [1.54, 1.807) is 18.3 Å². The lowest BCUT2D eigenvalue weighted by Gasteiger charge is -2.55. The molecule has 0 unspecified atom stereocenters. The Balaban J connectivity index is 1.44. The minimum atomic E-state index is -0.377. The molecule has 4 rings (SSSR count). The topological polar surface area (TPSA) is 80.7 Å². The average Bonchev–Trinajstić information content (AvgIpc) is 2.69. The molecule has 6 nitrogen and oxygen atoms in total. The molecule has 1 aliphatic heterocycles. The normalized spacial score (nSPS) is 23.9. The number of aromatic nitrogens is 1. The molecule has 1 saturated carbocycles. The molecule has 2 aliphatic rings. The Labute approximate surface area is 152 Å². The van der Waals surface area contributed by atoms with E-state index in [2.05, 4.69) is 10.3 Å². The van der Waals surface area contributed by atoms with Gasteiger partial charge in [0, 0.05) is 36.9 Å². The maximum atomic E-state index is 12.6. The zero-order valence-electron chi connectivity index (χ0n) is 14.4. The van der Waals surface area contributed by atoms with Crippen molar-refractivity contribution in [1.82, 2.24) is 10.3 Å². The minimum absolute atomic E-state index is 0.0469. The van der Waals surface area contributed by atoms with Gasteiger partial charge in [-0.1, -0.05) is 18.2 Å². The summed E-state index contributed by atoms with van der Waals surface area (Å²) < 4.78 is 11.2. The first-order valence-corrected chi connectivity index (χ1v) is 8.93. The molecule has 1 amide bonds. The zero-order chi connectivity index (χ0) is 18.0. The molecule has 26 heavy (non-hydrogen) atoms. The third-order valence-electron chi connectivity index (χ3n) is 5.49. The van der Waals surface area contributed by atoms with Crippen molar-refractivity contribution >= 4 is 5.91 Å². The first kappa shape index (κ1) is 17.0. The molecular weight excluding hydrogens is 332 g/mol. The second-order valence-electron chi connectivity index (χ2n) is 6.91. The van der Waals surface area contributed by atoms with Crippen molar-refractivity contribution in [2.24, 2.45) is 5.41 Å². The number of para-hydroxylation sites is 1. The molecule has 2 aromatic rings. The van der Waals surface area contributed by atoms with Crippen LogP contribution in [-0.2, 0) is 4.74 Å². The van der Waals surface area contributed by atoms with Crippen LogP contribution in [0.2, 0.25) is 0 Å². The number of pyridine rings is 1. The first-order chi connectivity index (χ1) is 12.7. The smallest absolute Gasteiger partial charge is 0.270 e. The van der Waals surface area contributed by atoms with E-state index in [9.17, 15) is 9.90 Å². The Morgan fingerprint density at radius 2 is 1.96 bits per heavy atom. The van der Waals surface area contributed by atoms with Gasteiger partial charge in [-0.25, -0.2) is 0 Å². The summed E-state index contributed by atoms with van der Waals surface area (Å²) >= 11 is 0. The number of aliphatic hydroxyl groups is 1. The number of aliphatic hydroxyl groups excluding tert-OH is 1. The molecule has 6 heteroatoms. The molecular formula is C20H22N2O4. The van der Waals surface area contributed by atoms with Gasteiger partial charge in [-0.15, -0.1) is 0 Å². The fraction of sp³-hybridized carbons (Fsp3) is 0.400. The Kier molecular flexibility index (Phi) is 4.61. The van der Waals surface area contributed by atoms with E-state index in [4.69, 9.17) is 9.47 Å². The van der Waals surface area contributed by atoms with Crippen LogP contribution in [0.5, 0.6) is 11.5 Å². The van der Waals surface area contributed by atoms with Crippen LogP contribution in [0.25, 0.3) is 0 Å². The van der Waals surface area contributed by atoms with Gasteiger partial charge in [0.15, 0.2) is 0 Å². The lowest BCUT2D eigenvalue weighted by Crippen LogP contribution is -2.65. The van der Waals surface area contributed by atoms with Crippen LogP contribution in [0.15, 0.2) is 48.7 Å². The van der Waals surface area contributed by atoms with Gasteiger partial charge in [0.25, 0.3) is 5.91 Å². The molecule has 1 aliphatic carbocycles. The number of rotatable bonds is 4. The van der Waals surface area contributed by atoms with Gasteiger partial charge in [-0.05, 0) is 37.5 Å². The van der Waals surface area contributed by atoms with Crippen LogP contribution in [0, 0.1) is 5.41 Å². The molecule has 1 aromatic heterocycles. The second kappa shape index (κ2) is 7.05. The van der Waals surface area contributed by atoms with Crippen molar-refractivity contribution < 1.29 is 19.4 Å². The van der Waals surface area contributed by atoms with Crippen LogP contribution in [0.4, 0.5) is 0 Å². The Hall–Kier alpha value is -2.44. The fourth-order valence-electron chi connectivity index (χ4n) is 3.86. The van der Waals surface area contributed by atoms with Gasteiger partial charge in [0.2, 0.25) is 0 Å². The number of carbonyl (C=O) groups is 1. The van der Waals surface area contributed by atoms with Gasteiger partial charge in [0.1, 0.15) is 17.2 Å². The first-order valence-electron chi connectivity index (χ1n) is 8.93. The Bertz CT molecular complexity index is 774. The molecule has 2 fully saturated rings. The molecule has 2 atom stereocenters. The number of nitrogens with zero attached hydrogens (tertiary/aromatic N) is 1. The van der Waals surface area contributed by atoms with Gasteiger partial charge in [-0.3, -0.25) is 9.78 Å². The molecule has 1 saturated heterocycles. The largest absolute Gasteiger partial charge is 0.457 e. The maximum Gasteiger partial charge on any atom is 0.270 e. The Morgan fingerprint density at radius 3 is 2.69 bits per heavy atom. The third-order valence-corrected chi connectivity index (χ3v) is 5.49. The van der Waals surface area contributed by atoms with Gasteiger partial charge >= 0.3 is 0 Å². The van der Waals surface area contributed by atoms with E-state index in [0.717, 1.165) is 12.8 Å². The predicted molar refractivity (Wildman–Crippen MR) is 95.1 cm³/mol. The van der Waals surface area contributed by atoms with Gasteiger partial charge in [0.05, 0.1) is 6.10 Å². The SMILES string of the molecule is O=C(N[C@@H]1C[C@@H](O)C12CCOCC2)c1cc(Oc2ccccc2)ccn1. The van der Waals surface area contributed by atoms with Crippen LogP contribution in [-0.4, -0.2) is 41.4 Å². The zero-order valence-corrected chi connectivity index (χ0v) is 14.4. The standard InChI is InChI=1S/C20H22N2O4/c23-18-13-17(20(18)7-10-25-11-8-20)22-19(24)16-12-15(6-9-21-16)26-14-4-2-1-3-5-14/h1-6,9,12,17-18,23H,7-8,10-11,13H2,(H,22,24)/t17-,18-/m1/s1. The lowest BCUT2D eigenvalue weighted by atomic mass is 9.58. The highest BCUT2D eigenvalue weighted by molar-refractivity contribution is 5.93. The van der Waals surface area contributed by atoms with Crippen molar-refractivity contribution in [3.63, 3.8) is 0 Å². The number of ether oxygens (including phenoxy) is 2. The monoisotopic (exact) mass is 354 g/mol. The summed E-state index contributed by atoms with van der Waals surface area (Å²) in [5, 5.41) is 13.3. The van der Waals surface area contributed by atoms with Crippen LogP contribution in [0.3, 0.4) is 0 Å². The van der Waals surface area contributed by atoms with Crippen LogP contribution >= 0.6 is 0 Å². The van der Waals surface area contributed by atoms with Crippen molar-refractivity contribution in [1.29, 1.82) is 0 Å². The fourth-order valence-corrected chi connectivity index (χ4v) is 3.86.